The minimum atomic E-state index is -0.496. The first-order chi connectivity index (χ1) is 11.9. The van der Waals surface area contributed by atoms with Gasteiger partial charge in [-0.2, -0.15) is 0 Å². The second kappa shape index (κ2) is 7.00. The monoisotopic (exact) mass is 394 g/mol. The van der Waals surface area contributed by atoms with Gasteiger partial charge in [-0.3, -0.25) is 4.79 Å². The number of rotatable bonds is 3. The molecule has 128 valence electrons. The van der Waals surface area contributed by atoms with Crippen molar-refractivity contribution in [1.29, 1.82) is 0 Å². The predicted octanol–water partition coefficient (Wildman–Crippen LogP) is 4.47. The van der Waals surface area contributed by atoms with Gasteiger partial charge in [0.1, 0.15) is 9.71 Å². The Kier molecular flexibility index (Phi) is 4.94. The number of thiophene rings is 1. The van der Waals surface area contributed by atoms with Gasteiger partial charge in [0.05, 0.1) is 17.5 Å². The van der Waals surface area contributed by atoms with Crippen molar-refractivity contribution >= 4 is 61.8 Å². The molecule has 0 spiro atoms. The van der Waals surface area contributed by atoms with Crippen molar-refractivity contribution in [2.75, 3.05) is 7.11 Å². The van der Waals surface area contributed by atoms with Crippen molar-refractivity contribution in [2.24, 2.45) is 0 Å². The van der Waals surface area contributed by atoms with E-state index in [9.17, 15) is 9.59 Å². The molecule has 0 unspecified atom stereocenters. The third kappa shape index (κ3) is 3.46. The molecule has 1 aromatic carbocycles. The van der Waals surface area contributed by atoms with Gasteiger partial charge in [-0.15, -0.1) is 11.3 Å². The molecule has 0 bridgehead atoms. The fourth-order valence-electron chi connectivity index (χ4n) is 2.32. The highest BCUT2D eigenvalue weighted by Crippen LogP contribution is 2.29. The van der Waals surface area contributed by atoms with E-state index in [-0.39, 0.29) is 16.4 Å². The van der Waals surface area contributed by atoms with Gasteiger partial charge < -0.3 is 9.72 Å². The maximum Gasteiger partial charge on any atom is 0.348 e. The number of aromatic nitrogens is 2. The van der Waals surface area contributed by atoms with Crippen LogP contribution in [0.3, 0.4) is 0 Å². The van der Waals surface area contributed by atoms with Crippen LogP contribution >= 0.6 is 34.5 Å². The van der Waals surface area contributed by atoms with Gasteiger partial charge in [0.25, 0.3) is 5.56 Å². The molecule has 2 heterocycles. The molecule has 0 amide bonds. The standard InChI is InChI=1S/C17H12Cl2N2O3S/c1-8-12-15(22)20-14(21-16(12)25-13(8)17(23)24-2)11(19)7-9-3-5-10(18)6-4-9/h3-7H,1-2H3,(H,20,21,22)/b11-7-. The fourth-order valence-corrected chi connectivity index (χ4v) is 3.76. The van der Waals surface area contributed by atoms with Gasteiger partial charge in [-0.05, 0) is 36.3 Å². The smallest absolute Gasteiger partial charge is 0.348 e. The van der Waals surface area contributed by atoms with E-state index in [4.69, 9.17) is 27.9 Å². The summed E-state index contributed by atoms with van der Waals surface area (Å²) in [5.74, 6) is -0.268. The molecule has 0 saturated carbocycles. The Morgan fingerprint density at radius 3 is 2.64 bits per heavy atom. The number of hydrogen-bond donors (Lipinski definition) is 1. The zero-order valence-electron chi connectivity index (χ0n) is 13.2. The van der Waals surface area contributed by atoms with Crippen LogP contribution in [-0.2, 0) is 4.74 Å². The van der Waals surface area contributed by atoms with E-state index >= 15 is 0 Å². The van der Waals surface area contributed by atoms with Crippen molar-refractivity contribution in [1.82, 2.24) is 9.97 Å². The largest absolute Gasteiger partial charge is 0.465 e. The maximum absolute atomic E-state index is 12.4. The van der Waals surface area contributed by atoms with Crippen LogP contribution < -0.4 is 5.56 Å². The number of esters is 1. The molecule has 0 saturated heterocycles. The first kappa shape index (κ1) is 17.7. The number of benzene rings is 1. The Hall–Kier alpha value is -2.15. The highest BCUT2D eigenvalue weighted by atomic mass is 35.5. The number of nitrogens with one attached hydrogen (secondary N) is 1. The number of ether oxygens (including phenoxy) is 1. The number of aryl methyl sites for hydroxylation is 1. The molecule has 5 nitrogen and oxygen atoms in total. The van der Waals surface area contributed by atoms with Crippen LogP contribution in [0.1, 0.15) is 26.6 Å². The number of carbonyl (C=O) groups excluding carboxylic acids is 1. The number of aromatic amines is 1. The van der Waals surface area contributed by atoms with Crippen LogP contribution in [0.25, 0.3) is 21.3 Å². The van der Waals surface area contributed by atoms with Gasteiger partial charge in [0.2, 0.25) is 0 Å². The summed E-state index contributed by atoms with van der Waals surface area (Å²) in [6.07, 6.45) is 1.67. The van der Waals surface area contributed by atoms with Crippen molar-refractivity contribution < 1.29 is 9.53 Å². The summed E-state index contributed by atoms with van der Waals surface area (Å²) < 4.78 is 4.74. The van der Waals surface area contributed by atoms with Crippen molar-refractivity contribution in [2.45, 2.75) is 6.92 Å². The van der Waals surface area contributed by atoms with E-state index < -0.39 is 5.97 Å². The normalized spacial score (nSPS) is 11.8. The van der Waals surface area contributed by atoms with Gasteiger partial charge in [0, 0.05) is 5.02 Å². The average Bonchev–Trinajstić information content (AvgIpc) is 2.93. The molecule has 0 aliphatic carbocycles. The molecule has 3 rings (SSSR count). The van der Waals surface area contributed by atoms with Crippen molar-refractivity contribution in [3.05, 3.63) is 61.5 Å². The molecule has 8 heteroatoms. The van der Waals surface area contributed by atoms with Crippen LogP contribution in [-0.4, -0.2) is 23.0 Å². The van der Waals surface area contributed by atoms with E-state index in [0.717, 1.165) is 16.9 Å². The first-order valence-corrected chi connectivity index (χ1v) is 8.73. The third-order valence-corrected chi connectivity index (χ3v) is 5.27. The topological polar surface area (TPSA) is 72.0 Å². The number of fused-ring (bicyclic) bond motifs is 1. The van der Waals surface area contributed by atoms with Crippen LogP contribution in [0.15, 0.2) is 29.1 Å². The minimum absolute atomic E-state index is 0.229. The lowest BCUT2D eigenvalue weighted by Gasteiger charge is -2.00. The Bertz CT molecular complexity index is 1050. The number of nitrogens with zero attached hydrogens (tertiary/aromatic N) is 1. The molecule has 1 N–H and O–H groups in total. The van der Waals surface area contributed by atoms with Crippen LogP contribution in [0.2, 0.25) is 5.02 Å². The zero-order chi connectivity index (χ0) is 18.1. The number of methoxy groups -OCH3 is 1. The maximum atomic E-state index is 12.4. The summed E-state index contributed by atoms with van der Waals surface area (Å²) in [5, 5.41) is 1.25. The summed E-state index contributed by atoms with van der Waals surface area (Å²) in [6, 6.07) is 7.07. The summed E-state index contributed by atoms with van der Waals surface area (Å²) in [4.78, 5) is 32.0. The van der Waals surface area contributed by atoms with Crippen molar-refractivity contribution in [3.8, 4) is 0 Å². The quantitative estimate of drug-likeness (QED) is 0.665. The Morgan fingerprint density at radius 1 is 1.32 bits per heavy atom. The van der Waals surface area contributed by atoms with Gasteiger partial charge in [-0.1, -0.05) is 35.3 Å². The second-order valence-corrected chi connectivity index (χ2v) is 7.03. The molecule has 0 aliphatic heterocycles. The fraction of sp³-hybridized carbons (Fsp3) is 0.118. The Morgan fingerprint density at radius 2 is 2.00 bits per heavy atom. The molecule has 0 radical (unpaired) electrons. The van der Waals surface area contributed by atoms with Gasteiger partial charge in [0.15, 0.2) is 5.82 Å². The number of carbonyl (C=O) groups is 1. The lowest BCUT2D eigenvalue weighted by atomic mass is 10.2. The summed E-state index contributed by atoms with van der Waals surface area (Å²) >= 11 is 13.3. The van der Waals surface area contributed by atoms with Crippen LogP contribution in [0, 0.1) is 6.92 Å². The van der Waals surface area contributed by atoms with E-state index in [2.05, 4.69) is 9.97 Å². The molecule has 3 aromatic rings. The van der Waals surface area contributed by atoms with Gasteiger partial charge >= 0.3 is 5.97 Å². The van der Waals surface area contributed by atoms with E-state index in [1.165, 1.54) is 7.11 Å². The summed E-state index contributed by atoms with van der Waals surface area (Å²) in [5.41, 5.74) is 1.01. The third-order valence-electron chi connectivity index (χ3n) is 3.56. The van der Waals surface area contributed by atoms with Crippen LogP contribution in [0.5, 0.6) is 0 Å². The zero-order valence-corrected chi connectivity index (χ0v) is 15.6. The number of halogens is 2. The highest BCUT2D eigenvalue weighted by Gasteiger charge is 2.20. The first-order valence-electron chi connectivity index (χ1n) is 7.15. The lowest BCUT2D eigenvalue weighted by molar-refractivity contribution is 0.0605. The van der Waals surface area contributed by atoms with Crippen LogP contribution in [0.4, 0.5) is 0 Å². The number of hydrogen-bond acceptors (Lipinski definition) is 5. The Labute approximate surface area is 156 Å². The molecule has 25 heavy (non-hydrogen) atoms. The van der Waals surface area contributed by atoms with E-state index in [1.807, 2.05) is 0 Å². The molecule has 0 aliphatic rings. The lowest BCUT2D eigenvalue weighted by Crippen LogP contribution is -2.10. The molecule has 0 atom stereocenters. The van der Waals surface area contributed by atoms with Crippen molar-refractivity contribution in [3.63, 3.8) is 0 Å². The Balaban J connectivity index is 2.10. The van der Waals surface area contributed by atoms with Gasteiger partial charge in [-0.25, -0.2) is 9.78 Å². The molecular weight excluding hydrogens is 383 g/mol. The molecular formula is C17H12Cl2N2O3S. The highest BCUT2D eigenvalue weighted by molar-refractivity contribution is 7.20. The molecule has 2 aromatic heterocycles. The minimum Gasteiger partial charge on any atom is -0.465 e. The second-order valence-electron chi connectivity index (χ2n) is 5.19. The van der Waals surface area contributed by atoms with E-state index in [1.54, 1.807) is 37.3 Å². The predicted molar refractivity (Wildman–Crippen MR) is 101 cm³/mol. The average molecular weight is 395 g/mol. The molecule has 0 fully saturated rings. The summed E-state index contributed by atoms with van der Waals surface area (Å²) in [7, 11) is 1.29. The number of H-pyrrole nitrogens is 1. The summed E-state index contributed by atoms with van der Waals surface area (Å²) in [6.45, 7) is 1.69. The van der Waals surface area contributed by atoms with E-state index in [0.29, 0.717) is 25.7 Å². The SMILES string of the molecule is COC(=O)c1sc2nc(/C(Cl)=C/c3ccc(Cl)cc3)[nH]c(=O)c2c1C.